The van der Waals surface area contributed by atoms with Crippen LogP contribution in [0.2, 0.25) is 4.34 Å². The van der Waals surface area contributed by atoms with E-state index in [1.165, 1.54) is 11.3 Å². The minimum atomic E-state index is 0.443. The van der Waals surface area contributed by atoms with Crippen molar-refractivity contribution in [2.45, 2.75) is 33.0 Å². The number of halogens is 1. The summed E-state index contributed by atoms with van der Waals surface area (Å²) in [6, 6.07) is 0.443. The summed E-state index contributed by atoms with van der Waals surface area (Å²) in [5, 5.41) is 12.4. The van der Waals surface area contributed by atoms with Crippen LogP contribution in [0.4, 0.5) is 0 Å². The highest BCUT2D eigenvalue weighted by Gasteiger charge is 2.05. The third-order valence-corrected chi connectivity index (χ3v) is 3.20. The van der Waals surface area contributed by atoms with Crippen LogP contribution in [0.3, 0.4) is 0 Å². The molecule has 92 valence electrons. The van der Waals surface area contributed by atoms with Gasteiger partial charge in [-0.3, -0.25) is 0 Å². The fourth-order valence-electron chi connectivity index (χ4n) is 1.31. The van der Waals surface area contributed by atoms with E-state index < -0.39 is 0 Å². The van der Waals surface area contributed by atoms with Gasteiger partial charge in [0.25, 0.3) is 0 Å². The van der Waals surface area contributed by atoms with Gasteiger partial charge in [0.05, 0.1) is 24.6 Å². The van der Waals surface area contributed by atoms with Crippen LogP contribution in [-0.2, 0) is 13.1 Å². The number of aromatic nitrogens is 4. The van der Waals surface area contributed by atoms with Gasteiger partial charge in [0.2, 0.25) is 0 Å². The van der Waals surface area contributed by atoms with Crippen molar-refractivity contribution in [2.75, 3.05) is 0 Å². The first-order valence-electron chi connectivity index (χ1n) is 5.36. The Kier molecular flexibility index (Phi) is 4.09. The van der Waals surface area contributed by atoms with Crippen LogP contribution in [-0.4, -0.2) is 26.0 Å². The molecule has 0 fully saturated rings. The Morgan fingerprint density at radius 2 is 2.35 bits per heavy atom. The second-order valence-corrected chi connectivity index (χ2v) is 5.75. The molecule has 0 amide bonds. The summed E-state index contributed by atoms with van der Waals surface area (Å²) in [4.78, 5) is 4.18. The maximum absolute atomic E-state index is 5.82. The van der Waals surface area contributed by atoms with Gasteiger partial charge in [-0.1, -0.05) is 30.7 Å². The van der Waals surface area contributed by atoms with E-state index in [9.17, 15) is 0 Å². The zero-order chi connectivity index (χ0) is 12.3. The molecule has 17 heavy (non-hydrogen) atoms. The van der Waals surface area contributed by atoms with E-state index in [-0.39, 0.29) is 0 Å². The molecule has 0 aliphatic carbocycles. The van der Waals surface area contributed by atoms with Gasteiger partial charge in [-0.05, 0) is 0 Å². The average Bonchev–Trinajstić information content (AvgIpc) is 2.86. The minimum absolute atomic E-state index is 0.443. The van der Waals surface area contributed by atoms with Crippen molar-refractivity contribution in [3.05, 3.63) is 27.4 Å². The predicted octanol–water partition coefficient (Wildman–Crippen LogP) is 1.93. The third kappa shape index (κ3) is 3.76. The summed E-state index contributed by atoms with van der Waals surface area (Å²) in [5.74, 6) is 0. The molecule has 0 aliphatic rings. The SMILES string of the molecule is CC(C)NCc1cn(Cc2ncc(Cl)s2)nn1. The second kappa shape index (κ2) is 5.57. The molecule has 0 spiro atoms. The predicted molar refractivity (Wildman–Crippen MR) is 68.2 cm³/mol. The molecule has 2 heterocycles. The van der Waals surface area contributed by atoms with Crippen molar-refractivity contribution in [3.63, 3.8) is 0 Å². The summed E-state index contributed by atoms with van der Waals surface area (Å²) < 4.78 is 2.47. The molecule has 0 bridgehead atoms. The highest BCUT2D eigenvalue weighted by Crippen LogP contribution is 2.18. The van der Waals surface area contributed by atoms with Crippen LogP contribution in [0.1, 0.15) is 24.5 Å². The second-order valence-electron chi connectivity index (χ2n) is 4.00. The van der Waals surface area contributed by atoms with E-state index in [1.807, 2.05) is 6.20 Å². The van der Waals surface area contributed by atoms with Gasteiger partial charge in [-0.15, -0.1) is 16.4 Å². The summed E-state index contributed by atoms with van der Waals surface area (Å²) in [7, 11) is 0. The number of nitrogens with zero attached hydrogens (tertiary/aromatic N) is 4. The van der Waals surface area contributed by atoms with Crippen LogP contribution < -0.4 is 5.32 Å². The van der Waals surface area contributed by atoms with E-state index in [1.54, 1.807) is 10.9 Å². The molecule has 5 nitrogen and oxygen atoms in total. The molecule has 2 aromatic rings. The number of hydrogen-bond acceptors (Lipinski definition) is 5. The molecule has 0 radical (unpaired) electrons. The molecule has 0 aromatic carbocycles. The Bertz CT molecular complexity index is 479. The van der Waals surface area contributed by atoms with E-state index in [0.717, 1.165) is 17.2 Å². The van der Waals surface area contributed by atoms with Crippen LogP contribution in [0, 0.1) is 0 Å². The molecule has 7 heteroatoms. The van der Waals surface area contributed by atoms with Gasteiger partial charge >= 0.3 is 0 Å². The molecule has 0 aliphatic heterocycles. The van der Waals surface area contributed by atoms with Crippen molar-refractivity contribution in [1.29, 1.82) is 0 Å². The van der Waals surface area contributed by atoms with Gasteiger partial charge in [0, 0.05) is 12.6 Å². The van der Waals surface area contributed by atoms with Crippen LogP contribution >= 0.6 is 22.9 Å². The van der Waals surface area contributed by atoms with Crippen molar-refractivity contribution in [3.8, 4) is 0 Å². The number of rotatable bonds is 5. The molecule has 1 N–H and O–H groups in total. The van der Waals surface area contributed by atoms with Gasteiger partial charge in [-0.2, -0.15) is 0 Å². The van der Waals surface area contributed by atoms with Gasteiger partial charge < -0.3 is 5.32 Å². The van der Waals surface area contributed by atoms with Crippen molar-refractivity contribution in [2.24, 2.45) is 0 Å². The van der Waals surface area contributed by atoms with E-state index in [0.29, 0.717) is 16.9 Å². The van der Waals surface area contributed by atoms with E-state index in [2.05, 4.69) is 34.5 Å². The molecule has 2 aromatic heterocycles. The zero-order valence-corrected chi connectivity index (χ0v) is 11.3. The smallest absolute Gasteiger partial charge is 0.116 e. The molecule has 0 saturated carbocycles. The quantitative estimate of drug-likeness (QED) is 0.903. The fraction of sp³-hybridized carbons (Fsp3) is 0.500. The molecular formula is C10H14ClN5S. The highest BCUT2D eigenvalue weighted by molar-refractivity contribution is 7.15. The Morgan fingerprint density at radius 3 is 3.00 bits per heavy atom. The summed E-state index contributed by atoms with van der Waals surface area (Å²) in [5.41, 5.74) is 0.932. The Balaban J connectivity index is 1.94. The van der Waals surface area contributed by atoms with Gasteiger partial charge in [0.15, 0.2) is 0 Å². The molecule has 0 saturated heterocycles. The average molecular weight is 272 g/mol. The maximum atomic E-state index is 5.82. The molecule has 2 rings (SSSR count). The summed E-state index contributed by atoms with van der Waals surface area (Å²) >= 11 is 7.28. The van der Waals surface area contributed by atoms with E-state index in [4.69, 9.17) is 11.6 Å². The Labute approximate surface area is 109 Å². The van der Waals surface area contributed by atoms with Crippen molar-refractivity contribution < 1.29 is 0 Å². The minimum Gasteiger partial charge on any atom is -0.309 e. The summed E-state index contributed by atoms with van der Waals surface area (Å²) in [6.45, 7) is 5.55. The van der Waals surface area contributed by atoms with Crippen LogP contribution in [0.15, 0.2) is 12.4 Å². The highest BCUT2D eigenvalue weighted by atomic mass is 35.5. The number of hydrogen-bond donors (Lipinski definition) is 1. The molecular weight excluding hydrogens is 258 g/mol. The first-order chi connectivity index (χ1) is 8.13. The monoisotopic (exact) mass is 271 g/mol. The van der Waals surface area contributed by atoms with Gasteiger partial charge in [-0.25, -0.2) is 9.67 Å². The Hall–Kier alpha value is -0.980. The first kappa shape index (κ1) is 12.5. The molecule has 0 unspecified atom stereocenters. The van der Waals surface area contributed by atoms with Crippen LogP contribution in [0.5, 0.6) is 0 Å². The lowest BCUT2D eigenvalue weighted by atomic mass is 10.3. The lowest BCUT2D eigenvalue weighted by molar-refractivity contribution is 0.580. The molecule has 0 atom stereocenters. The maximum Gasteiger partial charge on any atom is 0.116 e. The largest absolute Gasteiger partial charge is 0.309 e. The standard InChI is InChI=1S/C10H14ClN5S/c1-7(2)12-3-8-5-16(15-14-8)6-10-13-4-9(11)17-10/h4-5,7,12H,3,6H2,1-2H3. The number of nitrogens with one attached hydrogen (secondary N) is 1. The lowest BCUT2D eigenvalue weighted by Crippen LogP contribution is -2.21. The fourth-order valence-corrected chi connectivity index (χ4v) is 2.25. The topological polar surface area (TPSA) is 55.6 Å². The lowest BCUT2D eigenvalue weighted by Gasteiger charge is -2.03. The van der Waals surface area contributed by atoms with Gasteiger partial charge in [0.1, 0.15) is 9.34 Å². The van der Waals surface area contributed by atoms with Crippen LogP contribution in [0.25, 0.3) is 0 Å². The normalized spacial score (nSPS) is 11.3. The summed E-state index contributed by atoms with van der Waals surface area (Å²) in [6.07, 6.45) is 3.57. The van der Waals surface area contributed by atoms with Crippen molar-refractivity contribution in [1.82, 2.24) is 25.3 Å². The van der Waals surface area contributed by atoms with Crippen molar-refractivity contribution >= 4 is 22.9 Å². The number of thiazole rings is 1. The zero-order valence-electron chi connectivity index (χ0n) is 9.72. The first-order valence-corrected chi connectivity index (χ1v) is 6.55. The third-order valence-electron chi connectivity index (χ3n) is 2.10. The Morgan fingerprint density at radius 1 is 1.53 bits per heavy atom. The van der Waals surface area contributed by atoms with E-state index >= 15 is 0 Å².